The van der Waals surface area contributed by atoms with E-state index in [-0.39, 0.29) is 18.6 Å². The van der Waals surface area contributed by atoms with Gasteiger partial charge in [0.05, 0.1) is 17.2 Å². The molecule has 1 heterocycles. The van der Waals surface area contributed by atoms with E-state index in [0.29, 0.717) is 16.3 Å². The number of aryl methyl sites for hydroxylation is 1. The van der Waals surface area contributed by atoms with E-state index in [1.54, 1.807) is 36.7 Å². The lowest BCUT2D eigenvalue weighted by Crippen LogP contribution is -2.26. The minimum atomic E-state index is -1.02. The Bertz CT molecular complexity index is 666. The van der Waals surface area contributed by atoms with Crippen LogP contribution in [0.2, 0.25) is 0 Å². The highest BCUT2D eigenvalue weighted by molar-refractivity contribution is 7.11. The van der Waals surface area contributed by atoms with Gasteiger partial charge in [0, 0.05) is 0 Å². The number of carbonyl (C=O) groups excluding carboxylic acids is 1. The van der Waals surface area contributed by atoms with Crippen LogP contribution < -0.4 is 10.1 Å². The fraction of sp³-hybridized carbons (Fsp3) is 0.267. The van der Waals surface area contributed by atoms with Gasteiger partial charge in [-0.25, -0.2) is 9.78 Å². The van der Waals surface area contributed by atoms with Gasteiger partial charge in [0.1, 0.15) is 10.6 Å². The Kier molecular flexibility index (Phi) is 5.11. The maximum atomic E-state index is 12.1. The second-order valence-corrected chi connectivity index (χ2v) is 5.57. The topological polar surface area (TPSA) is 88.5 Å². The average molecular weight is 320 g/mol. The lowest BCUT2D eigenvalue weighted by Gasteiger charge is -2.14. The van der Waals surface area contributed by atoms with E-state index >= 15 is 0 Å². The zero-order chi connectivity index (χ0) is 16.1. The van der Waals surface area contributed by atoms with Crippen molar-refractivity contribution in [2.45, 2.75) is 19.9 Å². The molecule has 1 unspecified atom stereocenters. The fourth-order valence-corrected chi connectivity index (χ4v) is 2.57. The van der Waals surface area contributed by atoms with E-state index in [2.05, 4.69) is 10.3 Å². The summed E-state index contributed by atoms with van der Waals surface area (Å²) in [7, 11) is 0. The Hall–Kier alpha value is -2.41. The maximum Gasteiger partial charge on any atom is 0.341 e. The van der Waals surface area contributed by atoms with Gasteiger partial charge >= 0.3 is 5.97 Å². The molecular formula is C15H16N2O4S. The van der Waals surface area contributed by atoms with Crippen molar-refractivity contribution >= 4 is 23.2 Å². The molecule has 0 spiro atoms. The van der Waals surface area contributed by atoms with Crippen LogP contribution in [0.5, 0.6) is 5.75 Å². The first-order valence-electron chi connectivity index (χ1n) is 6.63. The Morgan fingerprint density at radius 3 is 2.59 bits per heavy atom. The van der Waals surface area contributed by atoms with Crippen LogP contribution in [0.25, 0.3) is 0 Å². The van der Waals surface area contributed by atoms with Gasteiger partial charge in [-0.05, 0) is 31.5 Å². The standard InChI is InChI=1S/C15H16N2O4S/c1-9(17-15(20)14-10(2)16-8-22-14)11-3-5-12(6-4-11)21-7-13(18)19/h3-6,8-9H,7H2,1-2H3,(H,17,20)(H,18,19). The molecule has 1 amide bonds. The fourth-order valence-electron chi connectivity index (χ4n) is 1.86. The Morgan fingerprint density at radius 2 is 2.05 bits per heavy atom. The average Bonchev–Trinajstić information content (AvgIpc) is 2.91. The van der Waals surface area contributed by atoms with E-state index in [4.69, 9.17) is 9.84 Å². The maximum absolute atomic E-state index is 12.1. The normalized spacial score (nSPS) is 11.7. The van der Waals surface area contributed by atoms with Crippen LogP contribution in [0.4, 0.5) is 0 Å². The molecule has 0 aliphatic rings. The molecule has 2 N–H and O–H groups in total. The number of nitrogens with zero attached hydrogens (tertiary/aromatic N) is 1. The molecule has 2 aromatic rings. The number of rotatable bonds is 6. The monoisotopic (exact) mass is 320 g/mol. The summed E-state index contributed by atoms with van der Waals surface area (Å²) in [6, 6.07) is 6.77. The molecule has 0 fully saturated rings. The molecule has 0 aliphatic carbocycles. The number of carboxylic acids is 1. The zero-order valence-electron chi connectivity index (χ0n) is 12.2. The number of amides is 1. The molecule has 6 nitrogen and oxygen atoms in total. The van der Waals surface area contributed by atoms with Gasteiger partial charge in [0.2, 0.25) is 0 Å². The quantitative estimate of drug-likeness (QED) is 0.853. The van der Waals surface area contributed by atoms with Gasteiger partial charge in [-0.15, -0.1) is 11.3 Å². The largest absolute Gasteiger partial charge is 0.482 e. The van der Waals surface area contributed by atoms with Crippen LogP contribution in [-0.4, -0.2) is 28.6 Å². The summed E-state index contributed by atoms with van der Waals surface area (Å²) in [6.45, 7) is 3.29. The number of nitrogens with one attached hydrogen (secondary N) is 1. The molecule has 0 saturated carbocycles. The summed E-state index contributed by atoms with van der Waals surface area (Å²) in [5.41, 5.74) is 3.26. The first kappa shape index (κ1) is 16.0. The van der Waals surface area contributed by atoms with E-state index in [1.165, 1.54) is 11.3 Å². The highest BCUT2D eigenvalue weighted by Crippen LogP contribution is 2.19. The van der Waals surface area contributed by atoms with Crippen molar-refractivity contribution in [2.24, 2.45) is 0 Å². The van der Waals surface area contributed by atoms with E-state index < -0.39 is 5.97 Å². The Morgan fingerprint density at radius 1 is 1.36 bits per heavy atom. The van der Waals surface area contributed by atoms with Crippen molar-refractivity contribution in [3.8, 4) is 5.75 Å². The van der Waals surface area contributed by atoms with Crippen LogP contribution in [0.15, 0.2) is 29.8 Å². The predicted octanol–water partition coefficient (Wildman–Crippen LogP) is 2.41. The molecule has 2 rings (SSSR count). The third-order valence-corrected chi connectivity index (χ3v) is 3.97. The summed E-state index contributed by atoms with van der Waals surface area (Å²) in [5.74, 6) is -0.702. The summed E-state index contributed by atoms with van der Waals surface area (Å²) in [4.78, 5) is 27.2. The van der Waals surface area contributed by atoms with Crippen LogP contribution in [0.1, 0.15) is 33.9 Å². The number of hydrogen-bond acceptors (Lipinski definition) is 5. The van der Waals surface area contributed by atoms with Crippen LogP contribution in [0.3, 0.4) is 0 Å². The predicted molar refractivity (Wildman–Crippen MR) is 82.3 cm³/mol. The van der Waals surface area contributed by atoms with Gasteiger partial charge < -0.3 is 15.2 Å². The number of hydrogen-bond donors (Lipinski definition) is 2. The Labute approximate surface area is 131 Å². The number of benzene rings is 1. The molecule has 0 bridgehead atoms. The van der Waals surface area contributed by atoms with Gasteiger partial charge in [-0.1, -0.05) is 12.1 Å². The van der Waals surface area contributed by atoms with Crippen molar-refractivity contribution in [3.05, 3.63) is 45.9 Å². The highest BCUT2D eigenvalue weighted by atomic mass is 32.1. The minimum absolute atomic E-state index is 0.154. The first-order chi connectivity index (χ1) is 10.5. The van der Waals surface area contributed by atoms with Gasteiger partial charge in [-0.3, -0.25) is 4.79 Å². The number of aromatic nitrogens is 1. The SMILES string of the molecule is Cc1ncsc1C(=O)NC(C)c1ccc(OCC(=O)O)cc1. The summed E-state index contributed by atoms with van der Waals surface area (Å²) in [6.07, 6.45) is 0. The molecule has 1 atom stereocenters. The van der Waals surface area contributed by atoms with E-state index in [9.17, 15) is 9.59 Å². The van der Waals surface area contributed by atoms with Crippen molar-refractivity contribution in [1.82, 2.24) is 10.3 Å². The van der Waals surface area contributed by atoms with Gasteiger partial charge in [0.15, 0.2) is 6.61 Å². The van der Waals surface area contributed by atoms with E-state index in [0.717, 1.165) is 5.56 Å². The Balaban J connectivity index is 1.98. The highest BCUT2D eigenvalue weighted by Gasteiger charge is 2.15. The van der Waals surface area contributed by atoms with Crippen molar-refractivity contribution in [3.63, 3.8) is 0 Å². The number of carbonyl (C=O) groups is 2. The molecule has 7 heteroatoms. The second-order valence-electron chi connectivity index (χ2n) is 4.71. The number of aliphatic carboxylic acids is 1. The number of ether oxygens (including phenoxy) is 1. The lowest BCUT2D eigenvalue weighted by molar-refractivity contribution is -0.139. The van der Waals surface area contributed by atoms with Gasteiger partial charge in [-0.2, -0.15) is 0 Å². The second kappa shape index (κ2) is 7.04. The lowest BCUT2D eigenvalue weighted by atomic mass is 10.1. The first-order valence-corrected chi connectivity index (χ1v) is 7.51. The molecule has 1 aromatic carbocycles. The molecule has 1 aromatic heterocycles. The summed E-state index contributed by atoms with van der Waals surface area (Å²) in [5, 5.41) is 11.5. The molecule has 0 radical (unpaired) electrons. The van der Waals surface area contributed by atoms with Crippen molar-refractivity contribution < 1.29 is 19.4 Å². The summed E-state index contributed by atoms with van der Waals surface area (Å²) >= 11 is 1.31. The van der Waals surface area contributed by atoms with Crippen LogP contribution >= 0.6 is 11.3 Å². The smallest absolute Gasteiger partial charge is 0.341 e. The number of thiazole rings is 1. The summed E-state index contributed by atoms with van der Waals surface area (Å²) < 4.78 is 5.06. The molecular weight excluding hydrogens is 304 g/mol. The molecule has 0 saturated heterocycles. The number of carboxylic acid groups (broad SMARTS) is 1. The zero-order valence-corrected chi connectivity index (χ0v) is 13.0. The van der Waals surface area contributed by atoms with Crippen LogP contribution in [-0.2, 0) is 4.79 Å². The minimum Gasteiger partial charge on any atom is -0.482 e. The molecule has 22 heavy (non-hydrogen) atoms. The van der Waals surface area contributed by atoms with Crippen LogP contribution in [0, 0.1) is 6.92 Å². The van der Waals surface area contributed by atoms with Crippen molar-refractivity contribution in [2.75, 3.05) is 6.61 Å². The molecule has 116 valence electrons. The molecule has 0 aliphatic heterocycles. The third kappa shape index (κ3) is 4.05. The van der Waals surface area contributed by atoms with E-state index in [1.807, 2.05) is 6.92 Å². The van der Waals surface area contributed by atoms with Gasteiger partial charge in [0.25, 0.3) is 5.91 Å². The van der Waals surface area contributed by atoms with Crippen molar-refractivity contribution in [1.29, 1.82) is 0 Å². The third-order valence-electron chi connectivity index (χ3n) is 3.04.